The Morgan fingerprint density at radius 1 is 0.794 bits per heavy atom. The normalized spacial score (nSPS) is 10.6. The van der Waals surface area contributed by atoms with Crippen LogP contribution in [0.25, 0.3) is 10.9 Å². The van der Waals surface area contributed by atoms with Crippen LogP contribution in [0.3, 0.4) is 0 Å². The van der Waals surface area contributed by atoms with Gasteiger partial charge in [-0.05, 0) is 67.1 Å². The summed E-state index contributed by atoms with van der Waals surface area (Å²) < 4.78 is 5.83. The molecule has 5 aromatic rings. The molecular formula is C28H22N4O2. The Labute approximate surface area is 197 Å². The van der Waals surface area contributed by atoms with Crippen LogP contribution in [0, 0.1) is 6.92 Å². The number of hydrogen-bond acceptors (Lipinski definition) is 5. The van der Waals surface area contributed by atoms with E-state index in [1.165, 1.54) is 0 Å². The molecule has 2 heterocycles. The van der Waals surface area contributed by atoms with Crippen LogP contribution in [0.1, 0.15) is 15.9 Å². The first-order valence-electron chi connectivity index (χ1n) is 10.9. The van der Waals surface area contributed by atoms with E-state index in [9.17, 15) is 4.79 Å². The van der Waals surface area contributed by atoms with Crippen LogP contribution >= 0.6 is 0 Å². The van der Waals surface area contributed by atoms with Crippen molar-refractivity contribution in [2.45, 2.75) is 6.92 Å². The Morgan fingerprint density at radius 3 is 2.47 bits per heavy atom. The van der Waals surface area contributed by atoms with Gasteiger partial charge in [0.15, 0.2) is 0 Å². The van der Waals surface area contributed by atoms with Gasteiger partial charge in [-0.1, -0.05) is 24.3 Å². The number of fused-ring (bicyclic) bond motifs is 1. The second-order valence-corrected chi connectivity index (χ2v) is 7.80. The highest BCUT2D eigenvalue weighted by Gasteiger charge is 2.10. The van der Waals surface area contributed by atoms with E-state index in [2.05, 4.69) is 33.6 Å². The van der Waals surface area contributed by atoms with E-state index in [1.54, 1.807) is 42.9 Å². The standard InChI is InChI=1S/C28H22N4O2/c1-19-5-2-10-25-27(19)26(13-16-30-25)31-21-7-3-6-20(17-21)28(33)32-22-8-4-9-24(18-22)34-23-11-14-29-15-12-23/h2-18H,1H3,(H,30,31)(H,32,33). The van der Waals surface area contributed by atoms with E-state index in [1.807, 2.05) is 54.6 Å². The molecule has 0 unspecified atom stereocenters. The van der Waals surface area contributed by atoms with Crippen molar-refractivity contribution in [3.05, 3.63) is 115 Å². The Kier molecular flexibility index (Phi) is 5.86. The fraction of sp³-hybridized carbons (Fsp3) is 0.0357. The molecule has 0 aliphatic heterocycles. The number of pyridine rings is 2. The smallest absolute Gasteiger partial charge is 0.255 e. The molecule has 34 heavy (non-hydrogen) atoms. The molecular weight excluding hydrogens is 424 g/mol. The molecule has 1 amide bonds. The number of aryl methyl sites for hydroxylation is 1. The summed E-state index contributed by atoms with van der Waals surface area (Å²) in [5, 5.41) is 7.44. The molecule has 0 atom stereocenters. The number of carbonyl (C=O) groups excluding carboxylic acids is 1. The van der Waals surface area contributed by atoms with Crippen molar-refractivity contribution in [3.63, 3.8) is 0 Å². The zero-order valence-electron chi connectivity index (χ0n) is 18.5. The van der Waals surface area contributed by atoms with Gasteiger partial charge in [-0.25, -0.2) is 0 Å². The van der Waals surface area contributed by atoms with Crippen molar-refractivity contribution < 1.29 is 9.53 Å². The van der Waals surface area contributed by atoms with Crippen LogP contribution in [-0.4, -0.2) is 15.9 Å². The number of rotatable bonds is 6. The lowest BCUT2D eigenvalue weighted by atomic mass is 10.1. The second kappa shape index (κ2) is 9.42. The minimum Gasteiger partial charge on any atom is -0.457 e. The average Bonchev–Trinajstić information content (AvgIpc) is 2.85. The highest BCUT2D eigenvalue weighted by molar-refractivity contribution is 6.05. The Hall–Kier alpha value is -4.71. The summed E-state index contributed by atoms with van der Waals surface area (Å²) in [5.41, 5.74) is 5.01. The Balaban J connectivity index is 1.33. The van der Waals surface area contributed by atoms with Gasteiger partial charge < -0.3 is 15.4 Å². The van der Waals surface area contributed by atoms with Gasteiger partial charge in [0.2, 0.25) is 0 Å². The molecule has 0 bridgehead atoms. The summed E-state index contributed by atoms with van der Waals surface area (Å²) in [6.07, 6.45) is 5.11. The molecule has 166 valence electrons. The summed E-state index contributed by atoms with van der Waals surface area (Å²) in [6.45, 7) is 2.06. The van der Waals surface area contributed by atoms with Gasteiger partial charge in [-0.3, -0.25) is 14.8 Å². The van der Waals surface area contributed by atoms with Crippen LogP contribution < -0.4 is 15.4 Å². The minimum absolute atomic E-state index is 0.208. The van der Waals surface area contributed by atoms with Crippen molar-refractivity contribution in [1.82, 2.24) is 9.97 Å². The van der Waals surface area contributed by atoms with Crippen molar-refractivity contribution in [1.29, 1.82) is 0 Å². The Bertz CT molecular complexity index is 1460. The van der Waals surface area contributed by atoms with Crippen LogP contribution in [-0.2, 0) is 0 Å². The number of amides is 1. The Morgan fingerprint density at radius 2 is 1.59 bits per heavy atom. The van der Waals surface area contributed by atoms with E-state index in [4.69, 9.17) is 4.74 Å². The zero-order valence-corrected chi connectivity index (χ0v) is 18.5. The number of carbonyl (C=O) groups is 1. The van der Waals surface area contributed by atoms with E-state index in [-0.39, 0.29) is 5.91 Å². The first kappa shape index (κ1) is 21.2. The molecule has 0 aliphatic carbocycles. The predicted molar refractivity (Wildman–Crippen MR) is 135 cm³/mol. The number of nitrogens with one attached hydrogen (secondary N) is 2. The minimum atomic E-state index is -0.208. The van der Waals surface area contributed by atoms with E-state index < -0.39 is 0 Å². The summed E-state index contributed by atoms with van der Waals surface area (Å²) >= 11 is 0. The van der Waals surface area contributed by atoms with Crippen molar-refractivity contribution in [2.24, 2.45) is 0 Å². The van der Waals surface area contributed by atoms with Crippen LogP contribution in [0.4, 0.5) is 17.1 Å². The van der Waals surface area contributed by atoms with E-state index in [0.717, 1.165) is 27.8 Å². The van der Waals surface area contributed by atoms with Gasteiger partial charge in [-0.2, -0.15) is 0 Å². The van der Waals surface area contributed by atoms with Crippen molar-refractivity contribution in [3.8, 4) is 11.5 Å². The fourth-order valence-corrected chi connectivity index (χ4v) is 3.77. The van der Waals surface area contributed by atoms with E-state index in [0.29, 0.717) is 22.7 Å². The highest BCUT2D eigenvalue weighted by Crippen LogP contribution is 2.28. The zero-order chi connectivity index (χ0) is 23.3. The second-order valence-electron chi connectivity index (χ2n) is 7.80. The fourth-order valence-electron chi connectivity index (χ4n) is 3.77. The van der Waals surface area contributed by atoms with Crippen LogP contribution in [0.15, 0.2) is 104 Å². The maximum Gasteiger partial charge on any atom is 0.255 e. The molecule has 0 saturated heterocycles. The first-order valence-corrected chi connectivity index (χ1v) is 10.9. The number of ether oxygens (including phenoxy) is 1. The SMILES string of the molecule is Cc1cccc2nccc(Nc3cccc(C(=O)Nc4cccc(Oc5ccncc5)c4)c3)c12. The number of benzene rings is 3. The molecule has 5 rings (SSSR count). The lowest BCUT2D eigenvalue weighted by Gasteiger charge is -2.13. The van der Waals surface area contributed by atoms with Gasteiger partial charge in [0.25, 0.3) is 5.91 Å². The molecule has 0 aliphatic rings. The van der Waals surface area contributed by atoms with Gasteiger partial charge in [0, 0.05) is 52.7 Å². The number of nitrogens with zero attached hydrogens (tertiary/aromatic N) is 2. The number of anilines is 3. The summed E-state index contributed by atoms with van der Waals surface area (Å²) in [7, 11) is 0. The molecule has 0 saturated carbocycles. The maximum absolute atomic E-state index is 13.0. The van der Waals surface area contributed by atoms with Crippen LogP contribution in [0.2, 0.25) is 0 Å². The quantitative estimate of drug-likeness (QED) is 0.303. The molecule has 3 aromatic carbocycles. The van der Waals surface area contributed by atoms with Gasteiger partial charge in [-0.15, -0.1) is 0 Å². The first-order chi connectivity index (χ1) is 16.7. The van der Waals surface area contributed by atoms with E-state index >= 15 is 0 Å². The third kappa shape index (κ3) is 4.71. The largest absolute Gasteiger partial charge is 0.457 e. The maximum atomic E-state index is 13.0. The molecule has 2 N–H and O–H groups in total. The predicted octanol–water partition coefficient (Wildman–Crippen LogP) is 6.73. The molecule has 6 nitrogen and oxygen atoms in total. The lowest BCUT2D eigenvalue weighted by molar-refractivity contribution is 0.102. The third-order valence-electron chi connectivity index (χ3n) is 5.36. The molecule has 6 heteroatoms. The van der Waals surface area contributed by atoms with Gasteiger partial charge >= 0.3 is 0 Å². The molecule has 0 radical (unpaired) electrons. The topological polar surface area (TPSA) is 76.1 Å². The monoisotopic (exact) mass is 446 g/mol. The van der Waals surface area contributed by atoms with Crippen molar-refractivity contribution >= 4 is 33.9 Å². The molecule has 2 aromatic heterocycles. The van der Waals surface area contributed by atoms with Gasteiger partial charge in [0.05, 0.1) is 5.52 Å². The lowest BCUT2D eigenvalue weighted by Crippen LogP contribution is -2.12. The van der Waals surface area contributed by atoms with Crippen molar-refractivity contribution in [2.75, 3.05) is 10.6 Å². The summed E-state index contributed by atoms with van der Waals surface area (Å²) in [6, 6.07) is 26.2. The van der Waals surface area contributed by atoms with Crippen LogP contribution in [0.5, 0.6) is 11.5 Å². The molecule has 0 fully saturated rings. The molecule has 0 spiro atoms. The number of aromatic nitrogens is 2. The van der Waals surface area contributed by atoms with Gasteiger partial charge in [0.1, 0.15) is 11.5 Å². The average molecular weight is 447 g/mol. The number of hydrogen-bond donors (Lipinski definition) is 2. The third-order valence-corrected chi connectivity index (χ3v) is 5.36. The highest BCUT2D eigenvalue weighted by atomic mass is 16.5. The summed E-state index contributed by atoms with van der Waals surface area (Å²) in [5.74, 6) is 1.09. The summed E-state index contributed by atoms with van der Waals surface area (Å²) in [4.78, 5) is 21.4.